The van der Waals surface area contributed by atoms with Crippen LogP contribution in [0.1, 0.15) is 0 Å². The van der Waals surface area contributed by atoms with Gasteiger partial charge in [-0.25, -0.2) is 0 Å². The summed E-state index contributed by atoms with van der Waals surface area (Å²) in [6.45, 7) is 0.468. The number of carboxylic acids is 1. The summed E-state index contributed by atoms with van der Waals surface area (Å²) < 4.78 is 0. The van der Waals surface area contributed by atoms with Gasteiger partial charge in [0.1, 0.15) is 12.2 Å². The molecular formula is C12H15Cl2N3O4. The van der Waals surface area contributed by atoms with Crippen molar-refractivity contribution in [2.75, 3.05) is 38.6 Å². The van der Waals surface area contributed by atoms with Crippen molar-refractivity contribution in [2.45, 2.75) is 0 Å². The summed E-state index contributed by atoms with van der Waals surface area (Å²) in [7, 11) is 3.64. The fourth-order valence-electron chi connectivity index (χ4n) is 1.69. The molecule has 1 rings (SSSR count). The number of likely N-dealkylation sites (N-methyl/N-ethyl adjacent to an activating group) is 1. The molecule has 1 N–H and O–H groups in total. The third-order valence-electron chi connectivity index (χ3n) is 2.70. The molecule has 0 atom stereocenters. The van der Waals surface area contributed by atoms with E-state index < -0.39 is 10.9 Å². The Morgan fingerprint density at radius 1 is 1.29 bits per heavy atom. The molecule has 0 aliphatic carbocycles. The van der Waals surface area contributed by atoms with Crippen LogP contribution in [0, 0.1) is 10.1 Å². The lowest BCUT2D eigenvalue weighted by atomic mass is 10.2. The monoisotopic (exact) mass is 335 g/mol. The predicted octanol–water partition coefficient (Wildman–Crippen LogP) is 2.35. The third-order valence-corrected chi connectivity index (χ3v) is 3.42. The van der Waals surface area contributed by atoms with Gasteiger partial charge in [-0.05, 0) is 20.2 Å². The number of halogens is 2. The van der Waals surface area contributed by atoms with Crippen molar-refractivity contribution in [1.82, 2.24) is 4.90 Å². The molecule has 0 aliphatic rings. The molecule has 9 heteroatoms. The van der Waals surface area contributed by atoms with Gasteiger partial charge in [0.2, 0.25) is 0 Å². The molecule has 1 aromatic carbocycles. The van der Waals surface area contributed by atoms with Gasteiger partial charge in [0.05, 0.1) is 15.0 Å². The number of carboxylic acid groups (broad SMARTS) is 1. The largest absolute Gasteiger partial charge is 0.480 e. The number of aliphatic carboxylic acids is 1. The van der Waals surface area contributed by atoms with E-state index in [0.717, 1.165) is 6.07 Å². The second kappa shape index (κ2) is 7.44. The van der Waals surface area contributed by atoms with E-state index in [0.29, 0.717) is 13.1 Å². The smallest absolute Gasteiger partial charge is 0.323 e. The van der Waals surface area contributed by atoms with Gasteiger partial charge in [-0.3, -0.25) is 14.9 Å². The zero-order valence-corrected chi connectivity index (χ0v) is 13.1. The maximum atomic E-state index is 11.1. The fourth-order valence-corrected chi connectivity index (χ4v) is 2.01. The van der Waals surface area contributed by atoms with Gasteiger partial charge in [-0.1, -0.05) is 23.2 Å². The van der Waals surface area contributed by atoms with E-state index >= 15 is 0 Å². The Balaban J connectivity index is 3.24. The molecule has 0 fully saturated rings. The van der Waals surface area contributed by atoms with Crippen molar-refractivity contribution in [1.29, 1.82) is 0 Å². The molecule has 0 spiro atoms. The zero-order valence-electron chi connectivity index (χ0n) is 11.5. The maximum absolute atomic E-state index is 11.1. The number of nitrogens with zero attached hydrogens (tertiary/aromatic N) is 3. The van der Waals surface area contributed by atoms with Crippen molar-refractivity contribution in [3.63, 3.8) is 0 Å². The first kappa shape index (κ1) is 17.5. The van der Waals surface area contributed by atoms with Crippen molar-refractivity contribution in [3.8, 4) is 0 Å². The summed E-state index contributed by atoms with van der Waals surface area (Å²) in [5.41, 5.74) is -0.136. The van der Waals surface area contributed by atoms with Gasteiger partial charge in [0, 0.05) is 19.2 Å². The van der Waals surface area contributed by atoms with Crippen LogP contribution in [-0.4, -0.2) is 54.6 Å². The number of hydrogen-bond donors (Lipinski definition) is 1. The summed E-state index contributed by atoms with van der Waals surface area (Å²) in [5.74, 6) is -1.09. The number of carbonyl (C=O) groups is 1. The molecule has 0 saturated heterocycles. The third kappa shape index (κ3) is 5.04. The van der Waals surface area contributed by atoms with Gasteiger partial charge in [-0.2, -0.15) is 0 Å². The Morgan fingerprint density at radius 2 is 1.86 bits per heavy atom. The molecule has 0 radical (unpaired) electrons. The minimum absolute atomic E-state index is 0.0509. The lowest BCUT2D eigenvalue weighted by Crippen LogP contribution is -2.36. The number of anilines is 1. The van der Waals surface area contributed by atoms with Crippen LogP contribution in [0.25, 0.3) is 0 Å². The van der Waals surface area contributed by atoms with Gasteiger partial charge >= 0.3 is 5.97 Å². The Kier molecular flexibility index (Phi) is 6.19. The summed E-state index contributed by atoms with van der Waals surface area (Å²) >= 11 is 11.7. The lowest BCUT2D eigenvalue weighted by molar-refractivity contribution is -0.384. The van der Waals surface area contributed by atoms with E-state index in [1.165, 1.54) is 11.0 Å². The van der Waals surface area contributed by atoms with Crippen LogP contribution in [0.4, 0.5) is 11.4 Å². The topological polar surface area (TPSA) is 86.9 Å². The minimum Gasteiger partial charge on any atom is -0.480 e. The highest BCUT2D eigenvalue weighted by atomic mass is 35.5. The van der Waals surface area contributed by atoms with E-state index in [-0.39, 0.29) is 28.0 Å². The summed E-state index contributed by atoms with van der Waals surface area (Å²) in [5, 5.41) is 20.3. The van der Waals surface area contributed by atoms with Crippen LogP contribution in [0.2, 0.25) is 10.0 Å². The molecule has 116 valence electrons. The quantitative estimate of drug-likeness (QED) is 0.608. The Hall–Kier alpha value is -1.57. The summed E-state index contributed by atoms with van der Waals surface area (Å²) in [6, 6.07) is 2.45. The van der Waals surface area contributed by atoms with Crippen molar-refractivity contribution >= 4 is 40.5 Å². The Labute approximate surface area is 131 Å². The first-order valence-electron chi connectivity index (χ1n) is 5.97. The number of rotatable bonds is 7. The van der Waals surface area contributed by atoms with Crippen LogP contribution in [0.5, 0.6) is 0 Å². The van der Waals surface area contributed by atoms with E-state index in [2.05, 4.69) is 0 Å². The van der Waals surface area contributed by atoms with Gasteiger partial charge in [0.25, 0.3) is 5.69 Å². The van der Waals surface area contributed by atoms with Crippen molar-refractivity contribution < 1.29 is 14.8 Å². The van der Waals surface area contributed by atoms with E-state index in [1.807, 2.05) is 19.0 Å². The standard InChI is InChI=1S/C12H15Cl2N3O4/c1-15(2)3-4-16(7-12(18)19)10-5-8(13)9(14)6-11(10)17(20)21/h5-6H,3-4,7H2,1-2H3,(H,18,19). The lowest BCUT2D eigenvalue weighted by Gasteiger charge is -2.24. The average molecular weight is 336 g/mol. The number of hydrogen-bond acceptors (Lipinski definition) is 5. The molecular weight excluding hydrogens is 321 g/mol. The Bertz CT molecular complexity index is 552. The number of benzene rings is 1. The molecule has 1 aromatic rings. The van der Waals surface area contributed by atoms with Crippen LogP contribution in [0.15, 0.2) is 12.1 Å². The molecule has 0 amide bonds. The average Bonchev–Trinajstić information content (AvgIpc) is 2.36. The first-order chi connectivity index (χ1) is 9.72. The molecule has 0 unspecified atom stereocenters. The molecule has 21 heavy (non-hydrogen) atoms. The van der Waals surface area contributed by atoms with E-state index in [4.69, 9.17) is 28.3 Å². The second-order valence-electron chi connectivity index (χ2n) is 4.63. The highest BCUT2D eigenvalue weighted by Gasteiger charge is 2.23. The second-order valence-corrected chi connectivity index (χ2v) is 5.45. The molecule has 0 aliphatic heterocycles. The number of nitro groups is 1. The van der Waals surface area contributed by atoms with Crippen LogP contribution >= 0.6 is 23.2 Å². The molecule has 0 saturated carbocycles. The molecule has 0 bridgehead atoms. The highest BCUT2D eigenvalue weighted by Crippen LogP contribution is 2.36. The zero-order chi connectivity index (χ0) is 16.2. The van der Waals surface area contributed by atoms with Gasteiger partial charge in [-0.15, -0.1) is 0 Å². The van der Waals surface area contributed by atoms with Crippen LogP contribution in [0.3, 0.4) is 0 Å². The molecule has 7 nitrogen and oxygen atoms in total. The summed E-state index contributed by atoms with van der Waals surface area (Å²) in [4.78, 5) is 24.7. The Morgan fingerprint density at radius 3 is 2.33 bits per heavy atom. The normalized spacial score (nSPS) is 10.7. The van der Waals surface area contributed by atoms with Crippen LogP contribution < -0.4 is 4.90 Å². The van der Waals surface area contributed by atoms with Gasteiger partial charge < -0.3 is 14.9 Å². The fraction of sp³-hybridized carbons (Fsp3) is 0.417. The van der Waals surface area contributed by atoms with E-state index in [1.54, 1.807) is 0 Å². The maximum Gasteiger partial charge on any atom is 0.323 e. The molecule has 0 heterocycles. The number of nitro benzene ring substituents is 1. The predicted molar refractivity (Wildman–Crippen MR) is 81.5 cm³/mol. The van der Waals surface area contributed by atoms with Crippen LogP contribution in [-0.2, 0) is 4.79 Å². The minimum atomic E-state index is -1.09. The SMILES string of the molecule is CN(C)CCN(CC(=O)O)c1cc(Cl)c(Cl)cc1[N+](=O)[O-]. The highest BCUT2D eigenvalue weighted by molar-refractivity contribution is 6.42. The molecule has 0 aromatic heterocycles. The van der Waals surface area contributed by atoms with Crippen molar-refractivity contribution in [2.24, 2.45) is 0 Å². The van der Waals surface area contributed by atoms with Gasteiger partial charge in [0.15, 0.2) is 0 Å². The van der Waals surface area contributed by atoms with Crippen molar-refractivity contribution in [3.05, 3.63) is 32.3 Å². The first-order valence-corrected chi connectivity index (χ1v) is 6.73. The van der Waals surface area contributed by atoms with E-state index in [9.17, 15) is 14.9 Å². The summed E-state index contributed by atoms with van der Waals surface area (Å²) in [6.07, 6.45) is 0.